The largest absolute Gasteiger partial charge is 0.465 e. The predicted octanol–water partition coefficient (Wildman–Crippen LogP) is -0.0683. The lowest BCUT2D eigenvalue weighted by Gasteiger charge is -2.05. The van der Waals surface area contributed by atoms with E-state index in [1.165, 1.54) is 32.4 Å². The number of esters is 1. The number of methoxy groups -OCH3 is 1. The van der Waals surface area contributed by atoms with Gasteiger partial charge in [0.15, 0.2) is 0 Å². The summed E-state index contributed by atoms with van der Waals surface area (Å²) in [6.07, 6.45) is 0. The first-order chi connectivity index (χ1) is 7.99. The van der Waals surface area contributed by atoms with Crippen LogP contribution in [-0.4, -0.2) is 31.9 Å². The van der Waals surface area contributed by atoms with Gasteiger partial charge < -0.3 is 15.8 Å². The van der Waals surface area contributed by atoms with Crippen molar-refractivity contribution in [1.29, 1.82) is 0 Å². The molecule has 0 heterocycles. The molecule has 0 radical (unpaired) electrons. The van der Waals surface area contributed by atoms with Crippen molar-refractivity contribution >= 4 is 17.8 Å². The SMILES string of the molecule is CNC(=O)c1cc(C(N)=O)cc(C(=O)OC)c1. The van der Waals surface area contributed by atoms with Crippen LogP contribution in [-0.2, 0) is 4.74 Å². The summed E-state index contributed by atoms with van der Waals surface area (Å²) in [4.78, 5) is 33.8. The summed E-state index contributed by atoms with van der Waals surface area (Å²) in [6.45, 7) is 0. The molecule has 0 saturated heterocycles. The minimum atomic E-state index is -0.721. The molecule has 0 saturated carbocycles. The highest BCUT2D eigenvalue weighted by Gasteiger charge is 2.14. The van der Waals surface area contributed by atoms with Crippen LogP contribution in [0.1, 0.15) is 31.1 Å². The monoisotopic (exact) mass is 236 g/mol. The molecule has 0 aromatic heterocycles. The average molecular weight is 236 g/mol. The maximum Gasteiger partial charge on any atom is 0.337 e. The van der Waals surface area contributed by atoms with Crippen LogP contribution in [0.4, 0.5) is 0 Å². The zero-order chi connectivity index (χ0) is 13.0. The van der Waals surface area contributed by atoms with Gasteiger partial charge in [-0.05, 0) is 18.2 Å². The van der Waals surface area contributed by atoms with Gasteiger partial charge in [-0.3, -0.25) is 9.59 Å². The smallest absolute Gasteiger partial charge is 0.337 e. The highest BCUT2D eigenvalue weighted by Crippen LogP contribution is 2.11. The predicted molar refractivity (Wildman–Crippen MR) is 59.7 cm³/mol. The standard InChI is InChI=1S/C11H12N2O4/c1-13-10(15)7-3-6(9(12)14)4-8(5-7)11(16)17-2/h3-5H,1-2H3,(H2,12,14)(H,13,15). The highest BCUT2D eigenvalue weighted by atomic mass is 16.5. The average Bonchev–Trinajstić information content (AvgIpc) is 2.36. The van der Waals surface area contributed by atoms with Crippen LogP contribution in [0.25, 0.3) is 0 Å². The molecule has 6 heteroatoms. The first-order valence-electron chi connectivity index (χ1n) is 4.75. The third kappa shape index (κ3) is 2.81. The van der Waals surface area contributed by atoms with Crippen LogP contribution < -0.4 is 11.1 Å². The van der Waals surface area contributed by atoms with E-state index in [9.17, 15) is 14.4 Å². The summed E-state index contributed by atoms with van der Waals surface area (Å²) in [6, 6.07) is 3.92. The maximum atomic E-state index is 11.4. The zero-order valence-electron chi connectivity index (χ0n) is 9.44. The molecule has 0 fully saturated rings. The molecule has 90 valence electrons. The number of carbonyl (C=O) groups is 3. The van der Waals surface area contributed by atoms with Gasteiger partial charge in [-0.2, -0.15) is 0 Å². The molecule has 17 heavy (non-hydrogen) atoms. The summed E-state index contributed by atoms with van der Waals surface area (Å²) < 4.78 is 4.52. The Morgan fingerprint density at radius 2 is 1.65 bits per heavy atom. The number of primary amides is 1. The van der Waals surface area contributed by atoms with Gasteiger partial charge in [0.2, 0.25) is 5.91 Å². The van der Waals surface area contributed by atoms with Crippen molar-refractivity contribution in [2.45, 2.75) is 0 Å². The third-order valence-electron chi connectivity index (χ3n) is 2.13. The Labute approximate surface area is 97.7 Å². The Kier molecular flexibility index (Phi) is 3.82. The Morgan fingerprint density at radius 1 is 1.12 bits per heavy atom. The normalized spacial score (nSPS) is 9.53. The van der Waals surface area contributed by atoms with E-state index in [1.807, 2.05) is 0 Å². The van der Waals surface area contributed by atoms with Gasteiger partial charge in [0, 0.05) is 18.2 Å². The molecule has 0 aliphatic rings. The number of hydrogen-bond donors (Lipinski definition) is 2. The minimum absolute atomic E-state index is 0.0755. The zero-order valence-corrected chi connectivity index (χ0v) is 9.44. The number of hydrogen-bond acceptors (Lipinski definition) is 4. The van der Waals surface area contributed by atoms with Gasteiger partial charge in [0.1, 0.15) is 0 Å². The first kappa shape index (κ1) is 12.7. The van der Waals surface area contributed by atoms with E-state index in [4.69, 9.17) is 5.73 Å². The fourth-order valence-electron chi connectivity index (χ4n) is 1.28. The van der Waals surface area contributed by atoms with E-state index in [0.717, 1.165) is 0 Å². The number of ether oxygens (including phenoxy) is 1. The van der Waals surface area contributed by atoms with E-state index in [-0.39, 0.29) is 16.7 Å². The van der Waals surface area contributed by atoms with Crippen LogP contribution in [0.5, 0.6) is 0 Å². The lowest BCUT2D eigenvalue weighted by atomic mass is 10.0. The lowest BCUT2D eigenvalue weighted by molar-refractivity contribution is 0.0600. The molecular weight excluding hydrogens is 224 g/mol. The molecule has 6 nitrogen and oxygen atoms in total. The molecule has 0 atom stereocenters. The summed E-state index contributed by atoms with van der Waals surface area (Å²) in [5.74, 6) is -1.78. The summed E-state index contributed by atoms with van der Waals surface area (Å²) in [7, 11) is 2.65. The van der Waals surface area contributed by atoms with E-state index < -0.39 is 17.8 Å². The van der Waals surface area contributed by atoms with E-state index in [2.05, 4.69) is 10.1 Å². The maximum absolute atomic E-state index is 11.4. The Hall–Kier alpha value is -2.37. The molecule has 1 aromatic carbocycles. The van der Waals surface area contributed by atoms with Gasteiger partial charge in [-0.1, -0.05) is 0 Å². The van der Waals surface area contributed by atoms with Crippen molar-refractivity contribution in [3.05, 3.63) is 34.9 Å². The highest BCUT2D eigenvalue weighted by molar-refractivity contribution is 6.02. The second-order valence-corrected chi connectivity index (χ2v) is 3.23. The van der Waals surface area contributed by atoms with Crippen LogP contribution in [0, 0.1) is 0 Å². The van der Waals surface area contributed by atoms with E-state index in [1.54, 1.807) is 0 Å². The number of nitrogens with one attached hydrogen (secondary N) is 1. The van der Waals surface area contributed by atoms with Crippen LogP contribution in [0.3, 0.4) is 0 Å². The van der Waals surface area contributed by atoms with Gasteiger partial charge in [-0.15, -0.1) is 0 Å². The molecular formula is C11H12N2O4. The minimum Gasteiger partial charge on any atom is -0.465 e. The van der Waals surface area contributed by atoms with Gasteiger partial charge >= 0.3 is 5.97 Å². The quantitative estimate of drug-likeness (QED) is 0.718. The Balaban J connectivity index is 3.33. The molecule has 0 spiro atoms. The number of rotatable bonds is 3. The molecule has 2 amide bonds. The summed E-state index contributed by atoms with van der Waals surface area (Å²) in [5.41, 5.74) is 5.46. The molecule has 0 aliphatic carbocycles. The van der Waals surface area contributed by atoms with Gasteiger partial charge in [0.25, 0.3) is 5.91 Å². The number of carbonyl (C=O) groups excluding carboxylic acids is 3. The lowest BCUT2D eigenvalue weighted by Crippen LogP contribution is -2.20. The van der Waals surface area contributed by atoms with E-state index in [0.29, 0.717) is 0 Å². The van der Waals surface area contributed by atoms with Crippen molar-refractivity contribution in [2.75, 3.05) is 14.2 Å². The fraction of sp³-hybridized carbons (Fsp3) is 0.182. The molecule has 1 rings (SSSR count). The van der Waals surface area contributed by atoms with Crippen molar-refractivity contribution in [3.63, 3.8) is 0 Å². The van der Waals surface area contributed by atoms with Crippen molar-refractivity contribution in [2.24, 2.45) is 5.73 Å². The van der Waals surface area contributed by atoms with Gasteiger partial charge in [-0.25, -0.2) is 4.79 Å². The Morgan fingerprint density at radius 3 is 2.12 bits per heavy atom. The molecule has 0 unspecified atom stereocenters. The van der Waals surface area contributed by atoms with E-state index >= 15 is 0 Å². The van der Waals surface area contributed by atoms with Crippen LogP contribution in [0.15, 0.2) is 18.2 Å². The van der Waals surface area contributed by atoms with Gasteiger partial charge in [0.05, 0.1) is 12.7 Å². The van der Waals surface area contributed by atoms with Crippen LogP contribution in [0.2, 0.25) is 0 Å². The van der Waals surface area contributed by atoms with Crippen molar-refractivity contribution < 1.29 is 19.1 Å². The topological polar surface area (TPSA) is 98.5 Å². The molecule has 0 aliphatic heterocycles. The number of benzene rings is 1. The second-order valence-electron chi connectivity index (χ2n) is 3.23. The van der Waals surface area contributed by atoms with Crippen LogP contribution >= 0.6 is 0 Å². The molecule has 3 N–H and O–H groups in total. The molecule has 1 aromatic rings. The number of amides is 2. The molecule has 0 bridgehead atoms. The van der Waals surface area contributed by atoms with Crippen molar-refractivity contribution in [1.82, 2.24) is 5.32 Å². The van der Waals surface area contributed by atoms with Crippen molar-refractivity contribution in [3.8, 4) is 0 Å². The fourth-order valence-corrected chi connectivity index (χ4v) is 1.28. The summed E-state index contributed by atoms with van der Waals surface area (Å²) in [5, 5.41) is 2.39. The second kappa shape index (κ2) is 5.11. The first-order valence-corrected chi connectivity index (χ1v) is 4.75. The third-order valence-corrected chi connectivity index (χ3v) is 2.13. The summed E-state index contributed by atoms with van der Waals surface area (Å²) >= 11 is 0. The number of nitrogens with two attached hydrogens (primary N) is 1. The Bertz CT molecular complexity index is 448.